The molecule has 114 valence electrons. The van der Waals surface area contributed by atoms with Crippen LogP contribution in [-0.2, 0) is 4.79 Å². The van der Waals surface area contributed by atoms with E-state index in [0.717, 1.165) is 32.2 Å². The van der Waals surface area contributed by atoms with Gasteiger partial charge < -0.3 is 15.7 Å². The topological polar surface area (TPSA) is 78.4 Å². The molecule has 2 fully saturated rings. The van der Waals surface area contributed by atoms with Crippen molar-refractivity contribution in [3.05, 3.63) is 0 Å². The lowest BCUT2D eigenvalue weighted by Gasteiger charge is -2.36. The number of carboxylic acid groups (broad SMARTS) is 1. The Bertz CT molecular complexity index is 347. The van der Waals surface area contributed by atoms with Crippen LogP contribution in [0.5, 0.6) is 0 Å². The Morgan fingerprint density at radius 3 is 2.30 bits per heavy atom. The normalized spacial score (nSPS) is 21.8. The second-order valence-corrected chi connectivity index (χ2v) is 6.49. The van der Waals surface area contributed by atoms with Crippen LogP contribution in [-0.4, -0.2) is 30.2 Å². The molecule has 0 bridgehead atoms. The summed E-state index contributed by atoms with van der Waals surface area (Å²) in [7, 11) is 0. The lowest BCUT2D eigenvalue weighted by Crippen LogP contribution is -2.45. The molecule has 2 aliphatic rings. The molecule has 0 unspecified atom stereocenters. The van der Waals surface area contributed by atoms with E-state index in [4.69, 9.17) is 5.11 Å². The molecule has 3 N–H and O–H groups in total. The lowest BCUT2D eigenvalue weighted by molar-refractivity contribution is -0.140. The van der Waals surface area contributed by atoms with Gasteiger partial charge in [0.15, 0.2) is 0 Å². The molecule has 0 atom stereocenters. The van der Waals surface area contributed by atoms with Crippen molar-refractivity contribution in [3.63, 3.8) is 0 Å². The molecule has 0 radical (unpaired) electrons. The van der Waals surface area contributed by atoms with E-state index >= 15 is 0 Å². The number of rotatable bonds is 6. The van der Waals surface area contributed by atoms with E-state index in [2.05, 4.69) is 10.6 Å². The van der Waals surface area contributed by atoms with Crippen molar-refractivity contribution < 1.29 is 14.7 Å². The second kappa shape index (κ2) is 6.95. The van der Waals surface area contributed by atoms with Gasteiger partial charge in [-0.05, 0) is 37.0 Å². The highest BCUT2D eigenvalue weighted by Gasteiger charge is 2.34. The van der Waals surface area contributed by atoms with Crippen molar-refractivity contribution in [1.82, 2.24) is 10.6 Å². The Morgan fingerprint density at radius 1 is 1.05 bits per heavy atom. The zero-order chi connectivity index (χ0) is 14.4. The summed E-state index contributed by atoms with van der Waals surface area (Å²) in [4.78, 5) is 22.8. The zero-order valence-corrected chi connectivity index (χ0v) is 12.1. The van der Waals surface area contributed by atoms with Crippen molar-refractivity contribution in [3.8, 4) is 0 Å². The molecule has 5 nitrogen and oxygen atoms in total. The largest absolute Gasteiger partial charge is 0.481 e. The first kappa shape index (κ1) is 15.1. The SMILES string of the molecule is O=C(O)CC1(CNC(=O)NCC2CCC2)CCCCC1. The van der Waals surface area contributed by atoms with Crippen LogP contribution < -0.4 is 10.6 Å². The summed E-state index contributed by atoms with van der Waals surface area (Å²) in [5.74, 6) is -0.119. The number of hydrogen-bond donors (Lipinski definition) is 3. The van der Waals surface area contributed by atoms with Gasteiger partial charge >= 0.3 is 12.0 Å². The maximum atomic E-state index is 11.8. The molecule has 0 spiro atoms. The van der Waals surface area contributed by atoms with Crippen LogP contribution in [0.25, 0.3) is 0 Å². The molecule has 2 saturated carbocycles. The van der Waals surface area contributed by atoms with Crippen LogP contribution in [0.3, 0.4) is 0 Å². The van der Waals surface area contributed by atoms with E-state index in [0.29, 0.717) is 12.5 Å². The van der Waals surface area contributed by atoms with Gasteiger partial charge in [0.2, 0.25) is 0 Å². The summed E-state index contributed by atoms with van der Waals surface area (Å²) < 4.78 is 0. The fraction of sp³-hybridized carbons (Fsp3) is 0.867. The third kappa shape index (κ3) is 4.39. The lowest BCUT2D eigenvalue weighted by atomic mass is 9.72. The van der Waals surface area contributed by atoms with Gasteiger partial charge in [-0.2, -0.15) is 0 Å². The van der Waals surface area contributed by atoms with Crippen LogP contribution in [0.2, 0.25) is 0 Å². The maximum absolute atomic E-state index is 11.8. The van der Waals surface area contributed by atoms with E-state index < -0.39 is 5.97 Å². The molecule has 2 amide bonds. The van der Waals surface area contributed by atoms with Crippen molar-refractivity contribution in [2.45, 2.75) is 57.8 Å². The van der Waals surface area contributed by atoms with Crippen LogP contribution >= 0.6 is 0 Å². The summed E-state index contributed by atoms with van der Waals surface area (Å²) in [5.41, 5.74) is -0.238. The summed E-state index contributed by atoms with van der Waals surface area (Å²) in [6, 6.07) is -0.146. The molecular formula is C15H26N2O3. The van der Waals surface area contributed by atoms with Gasteiger partial charge in [0, 0.05) is 13.1 Å². The number of carbonyl (C=O) groups excluding carboxylic acids is 1. The molecular weight excluding hydrogens is 256 g/mol. The molecule has 0 heterocycles. The fourth-order valence-corrected chi connectivity index (χ4v) is 3.30. The Balaban J connectivity index is 1.75. The van der Waals surface area contributed by atoms with Crippen molar-refractivity contribution in [1.29, 1.82) is 0 Å². The van der Waals surface area contributed by atoms with E-state index in [9.17, 15) is 9.59 Å². The fourth-order valence-electron chi connectivity index (χ4n) is 3.30. The van der Waals surface area contributed by atoms with Crippen LogP contribution in [0.1, 0.15) is 57.8 Å². The summed E-state index contributed by atoms with van der Waals surface area (Å²) >= 11 is 0. The van der Waals surface area contributed by atoms with Crippen LogP contribution in [0.4, 0.5) is 4.79 Å². The third-order valence-electron chi connectivity index (χ3n) is 4.84. The molecule has 0 aromatic rings. The van der Waals surface area contributed by atoms with E-state index in [1.807, 2.05) is 0 Å². The highest BCUT2D eigenvalue weighted by molar-refractivity contribution is 5.74. The second-order valence-electron chi connectivity index (χ2n) is 6.49. The van der Waals surface area contributed by atoms with Crippen LogP contribution in [0, 0.1) is 11.3 Å². The Labute approximate surface area is 120 Å². The Morgan fingerprint density at radius 2 is 1.75 bits per heavy atom. The predicted molar refractivity (Wildman–Crippen MR) is 76.5 cm³/mol. The van der Waals surface area contributed by atoms with E-state index in [1.165, 1.54) is 25.7 Å². The molecule has 5 heteroatoms. The highest BCUT2D eigenvalue weighted by Crippen LogP contribution is 2.38. The van der Waals surface area contributed by atoms with Gasteiger partial charge in [-0.25, -0.2) is 4.79 Å². The van der Waals surface area contributed by atoms with E-state index in [-0.39, 0.29) is 17.9 Å². The standard InChI is InChI=1S/C15H26N2O3/c18-13(19)9-15(7-2-1-3-8-15)11-17-14(20)16-10-12-5-4-6-12/h12H,1-11H2,(H,18,19)(H2,16,17,20). The van der Waals surface area contributed by atoms with Crippen molar-refractivity contribution >= 4 is 12.0 Å². The van der Waals surface area contributed by atoms with Gasteiger partial charge in [0.25, 0.3) is 0 Å². The molecule has 0 saturated heterocycles. The van der Waals surface area contributed by atoms with Gasteiger partial charge in [-0.15, -0.1) is 0 Å². The Hall–Kier alpha value is -1.26. The first-order valence-electron chi connectivity index (χ1n) is 7.83. The average molecular weight is 282 g/mol. The molecule has 0 aliphatic heterocycles. The number of carboxylic acids is 1. The summed E-state index contributed by atoms with van der Waals surface area (Å²) in [6.45, 7) is 1.23. The zero-order valence-electron chi connectivity index (χ0n) is 12.1. The minimum atomic E-state index is -0.761. The number of amides is 2. The van der Waals surface area contributed by atoms with Gasteiger partial charge in [0.1, 0.15) is 0 Å². The smallest absolute Gasteiger partial charge is 0.314 e. The monoisotopic (exact) mass is 282 g/mol. The minimum Gasteiger partial charge on any atom is -0.481 e. The maximum Gasteiger partial charge on any atom is 0.314 e. The number of nitrogens with one attached hydrogen (secondary N) is 2. The van der Waals surface area contributed by atoms with Crippen LogP contribution in [0.15, 0.2) is 0 Å². The number of hydrogen-bond acceptors (Lipinski definition) is 2. The van der Waals surface area contributed by atoms with Gasteiger partial charge in [0.05, 0.1) is 6.42 Å². The molecule has 0 aromatic carbocycles. The quantitative estimate of drug-likeness (QED) is 0.700. The van der Waals surface area contributed by atoms with E-state index in [1.54, 1.807) is 0 Å². The predicted octanol–water partition coefficient (Wildman–Crippen LogP) is 2.51. The average Bonchev–Trinajstić information content (AvgIpc) is 2.35. The van der Waals surface area contributed by atoms with Gasteiger partial charge in [-0.1, -0.05) is 25.7 Å². The first-order chi connectivity index (χ1) is 9.60. The van der Waals surface area contributed by atoms with Gasteiger partial charge in [-0.3, -0.25) is 4.79 Å². The number of aliphatic carboxylic acids is 1. The molecule has 0 aromatic heterocycles. The molecule has 20 heavy (non-hydrogen) atoms. The third-order valence-corrected chi connectivity index (χ3v) is 4.84. The number of urea groups is 1. The van der Waals surface area contributed by atoms with Crippen molar-refractivity contribution in [2.75, 3.05) is 13.1 Å². The highest BCUT2D eigenvalue weighted by atomic mass is 16.4. The first-order valence-corrected chi connectivity index (χ1v) is 7.83. The minimum absolute atomic E-state index is 0.146. The Kier molecular flexibility index (Phi) is 5.26. The summed E-state index contributed by atoms with van der Waals surface area (Å²) in [6.07, 6.45) is 8.98. The summed E-state index contributed by atoms with van der Waals surface area (Å²) in [5, 5.41) is 14.9. The number of carbonyl (C=O) groups is 2. The van der Waals surface area contributed by atoms with Crippen molar-refractivity contribution in [2.24, 2.45) is 11.3 Å². The molecule has 2 rings (SSSR count). The molecule has 2 aliphatic carbocycles.